The van der Waals surface area contributed by atoms with Gasteiger partial charge in [0.05, 0.1) is 19.3 Å². The number of anilines is 1. The molecule has 0 aliphatic rings. The normalized spacial score (nSPS) is 13.9. The van der Waals surface area contributed by atoms with E-state index in [2.05, 4.69) is 4.99 Å². The van der Waals surface area contributed by atoms with Gasteiger partial charge in [-0.2, -0.15) is 0 Å². The maximum Gasteiger partial charge on any atom is 0.273 e. The van der Waals surface area contributed by atoms with Crippen molar-refractivity contribution in [3.8, 4) is 5.75 Å². The molecular weight excluding hydrogens is 234 g/mol. The summed E-state index contributed by atoms with van der Waals surface area (Å²) in [6.07, 6.45) is -1.17. The minimum Gasteiger partial charge on any atom is -0.502 e. The van der Waals surface area contributed by atoms with Crippen LogP contribution >= 0.6 is 0 Å². The van der Waals surface area contributed by atoms with Crippen molar-refractivity contribution in [2.24, 2.45) is 4.99 Å². The van der Waals surface area contributed by atoms with Gasteiger partial charge in [-0.05, 0) is 0 Å². The molecule has 0 aliphatic heterocycles. The van der Waals surface area contributed by atoms with E-state index < -0.39 is 35.4 Å². The van der Waals surface area contributed by atoms with Crippen LogP contribution in [0.2, 0.25) is 0 Å². The molecular formula is C7H13N5O5. The molecule has 0 spiro atoms. The minimum atomic E-state index is -1.17. The molecule has 0 fully saturated rings. The fraction of sp³-hybridized carbons (Fsp3) is 0.429. The molecule has 0 aliphatic carbocycles. The first-order chi connectivity index (χ1) is 7.90. The second-order valence-corrected chi connectivity index (χ2v) is 3.18. The highest BCUT2D eigenvalue weighted by Gasteiger charge is 2.12. The van der Waals surface area contributed by atoms with Crippen LogP contribution in [0.15, 0.2) is 4.99 Å². The highest BCUT2D eigenvalue weighted by molar-refractivity contribution is 5.42. The van der Waals surface area contributed by atoms with Crippen molar-refractivity contribution in [1.29, 1.82) is 5.41 Å². The summed E-state index contributed by atoms with van der Waals surface area (Å²) in [7, 11) is 0. The molecule has 10 heteroatoms. The zero-order valence-corrected chi connectivity index (χ0v) is 8.65. The quantitative estimate of drug-likeness (QED) is 0.277. The number of hydrogen-bond donors (Lipinski definition) is 7. The predicted octanol–water partition coefficient (Wildman–Crippen LogP) is -3.21. The van der Waals surface area contributed by atoms with Gasteiger partial charge in [-0.25, -0.2) is 0 Å². The second kappa shape index (κ2) is 4.76. The summed E-state index contributed by atoms with van der Waals surface area (Å²) in [5.41, 5.74) is 3.89. The first-order valence-electron chi connectivity index (χ1n) is 4.49. The number of aliphatic hydroxyl groups is 2. The van der Waals surface area contributed by atoms with Crippen LogP contribution in [0, 0.1) is 5.41 Å². The molecule has 8 N–H and O–H groups in total. The van der Waals surface area contributed by atoms with E-state index in [1.54, 1.807) is 0 Å². The Morgan fingerprint density at radius 2 is 1.94 bits per heavy atom. The molecule has 1 unspecified atom stereocenters. The Kier molecular flexibility index (Phi) is 3.60. The van der Waals surface area contributed by atoms with Crippen molar-refractivity contribution < 1.29 is 25.7 Å². The smallest absolute Gasteiger partial charge is 0.273 e. The van der Waals surface area contributed by atoms with E-state index in [0.717, 1.165) is 0 Å². The van der Waals surface area contributed by atoms with Crippen molar-refractivity contribution >= 4 is 5.82 Å². The molecule has 0 saturated carbocycles. The number of nitrogens with two attached hydrogens (primary N) is 1. The largest absolute Gasteiger partial charge is 0.502 e. The van der Waals surface area contributed by atoms with Gasteiger partial charge in [0.25, 0.3) is 5.62 Å². The molecule has 1 aromatic heterocycles. The summed E-state index contributed by atoms with van der Waals surface area (Å²) in [6, 6.07) is 0. The Labute approximate surface area is 94.2 Å². The lowest BCUT2D eigenvalue weighted by molar-refractivity contribution is 0.0869. The maximum absolute atomic E-state index is 9.46. The summed E-state index contributed by atoms with van der Waals surface area (Å²) in [5.74, 6) is -1.34. The number of aliphatic hydroxyl groups excluding tert-OH is 2. The highest BCUT2D eigenvalue weighted by Crippen LogP contribution is 2.08. The number of aromatic nitrogens is 2. The average molecular weight is 247 g/mol. The van der Waals surface area contributed by atoms with E-state index in [0.29, 0.717) is 0 Å². The molecule has 0 amide bonds. The molecule has 0 bridgehead atoms. The molecule has 0 radical (unpaired) electrons. The monoisotopic (exact) mass is 247 g/mol. The lowest BCUT2D eigenvalue weighted by atomic mass is 10.4. The Balaban J connectivity index is 3.39. The number of nitrogen functional groups attached to an aromatic ring is 1. The predicted molar refractivity (Wildman–Crippen MR) is 52.2 cm³/mol. The average Bonchev–Trinajstić information content (AvgIpc) is 2.33. The van der Waals surface area contributed by atoms with Gasteiger partial charge in [-0.15, -0.1) is 9.46 Å². The Hall–Kier alpha value is -2.20. The van der Waals surface area contributed by atoms with Gasteiger partial charge in [-0.1, -0.05) is 0 Å². The molecule has 1 aromatic rings. The van der Waals surface area contributed by atoms with Gasteiger partial charge in [0.1, 0.15) is 0 Å². The maximum atomic E-state index is 9.46. The topological polar surface area (TPSA) is 173 Å². The molecule has 0 saturated heterocycles. The van der Waals surface area contributed by atoms with E-state index >= 15 is 0 Å². The molecule has 1 atom stereocenters. The lowest BCUT2D eigenvalue weighted by Crippen LogP contribution is -2.40. The number of rotatable bonds is 3. The van der Waals surface area contributed by atoms with Crippen LogP contribution in [0.25, 0.3) is 0 Å². The Bertz CT molecular complexity index is 533. The summed E-state index contributed by atoms with van der Waals surface area (Å²) < 4.78 is 0.132. The zero-order valence-electron chi connectivity index (χ0n) is 8.65. The third kappa shape index (κ3) is 2.32. The molecule has 0 aromatic carbocycles. The van der Waals surface area contributed by atoms with E-state index in [1.165, 1.54) is 0 Å². The van der Waals surface area contributed by atoms with Crippen molar-refractivity contribution in [3.63, 3.8) is 0 Å². The third-order valence-corrected chi connectivity index (χ3v) is 1.95. The van der Waals surface area contributed by atoms with Crippen LogP contribution in [0.4, 0.5) is 5.82 Å². The Morgan fingerprint density at radius 1 is 1.35 bits per heavy atom. The van der Waals surface area contributed by atoms with Crippen LogP contribution in [0.1, 0.15) is 0 Å². The van der Waals surface area contributed by atoms with Gasteiger partial charge in [0, 0.05) is 0 Å². The fourth-order valence-corrected chi connectivity index (χ4v) is 1.01. The highest BCUT2D eigenvalue weighted by atomic mass is 16.5. The van der Waals surface area contributed by atoms with Crippen molar-refractivity contribution in [1.82, 2.24) is 9.46 Å². The minimum absolute atomic E-state index is 0.0524. The number of nitrogens with one attached hydrogen (secondary N) is 1. The van der Waals surface area contributed by atoms with Gasteiger partial charge in [0.15, 0.2) is 5.82 Å². The van der Waals surface area contributed by atoms with E-state index in [-0.39, 0.29) is 16.0 Å². The van der Waals surface area contributed by atoms with Crippen LogP contribution in [0.5, 0.6) is 5.75 Å². The van der Waals surface area contributed by atoms with Gasteiger partial charge >= 0.3 is 0 Å². The summed E-state index contributed by atoms with van der Waals surface area (Å²) in [4.78, 5) is 3.57. The summed E-state index contributed by atoms with van der Waals surface area (Å²) >= 11 is 0. The number of hydrogen-bond acceptors (Lipinski definition) is 8. The molecule has 17 heavy (non-hydrogen) atoms. The third-order valence-electron chi connectivity index (χ3n) is 1.95. The van der Waals surface area contributed by atoms with E-state index in [4.69, 9.17) is 26.6 Å². The van der Waals surface area contributed by atoms with Gasteiger partial charge in [0.2, 0.25) is 11.2 Å². The second-order valence-electron chi connectivity index (χ2n) is 3.18. The van der Waals surface area contributed by atoms with Crippen molar-refractivity contribution in [2.45, 2.75) is 6.10 Å². The van der Waals surface area contributed by atoms with Crippen LogP contribution in [-0.2, 0) is 0 Å². The first-order valence-corrected chi connectivity index (χ1v) is 4.49. The fourth-order valence-electron chi connectivity index (χ4n) is 1.01. The van der Waals surface area contributed by atoms with Gasteiger partial charge < -0.3 is 31.5 Å². The van der Waals surface area contributed by atoms with Crippen LogP contribution in [0.3, 0.4) is 0 Å². The van der Waals surface area contributed by atoms with Gasteiger partial charge in [-0.3, -0.25) is 10.4 Å². The van der Waals surface area contributed by atoms with Crippen molar-refractivity contribution in [2.75, 3.05) is 18.9 Å². The van der Waals surface area contributed by atoms with E-state index in [1.807, 2.05) is 0 Å². The first kappa shape index (κ1) is 12.9. The summed E-state index contributed by atoms with van der Waals surface area (Å²) in [5, 5.41) is 52.8. The number of nitrogens with zero attached hydrogens (tertiary/aromatic N) is 3. The standard InChI is InChI=1S/C7H13N5O5/c8-5-4(15)6(10-1-3(14)2-13)12(17)7(9)11(5)16/h3,9,13-17H,1-2,8H2. The zero-order chi connectivity index (χ0) is 13.2. The lowest BCUT2D eigenvalue weighted by Gasteiger charge is -2.09. The van der Waals surface area contributed by atoms with Crippen molar-refractivity contribution in [3.05, 3.63) is 11.1 Å². The number of aromatic hydroxyl groups is 1. The SMILES string of the molecule is N=c1n(O)c(N)c(O)c(=NCC(O)CO)n1O. The van der Waals surface area contributed by atoms with Crippen LogP contribution in [-0.4, -0.2) is 54.5 Å². The van der Waals surface area contributed by atoms with Crippen LogP contribution < -0.4 is 16.8 Å². The molecule has 10 nitrogen and oxygen atoms in total. The molecule has 1 rings (SSSR count). The molecule has 1 heterocycles. The summed E-state index contributed by atoms with van der Waals surface area (Å²) in [6.45, 7) is -0.870. The Morgan fingerprint density at radius 3 is 2.47 bits per heavy atom. The van der Waals surface area contributed by atoms with E-state index in [9.17, 15) is 10.3 Å². The molecule has 96 valence electrons.